The van der Waals surface area contributed by atoms with Crippen LogP contribution in [0.15, 0.2) is 42.7 Å². The SMILES string of the molecule is CCCCc1cnc(-c2ccc(C=CC(=O)OCCC(F)(F)C(F)(F)C(F)(F)C(F)(F)C(F)(F)C(F)(F)C(F)(F)C(F)(F)F)cc2)nc1. The van der Waals surface area contributed by atoms with E-state index in [1.165, 1.54) is 24.3 Å². The first kappa shape index (κ1) is 40.5. The molecule has 0 aliphatic rings. The number of aromatic nitrogens is 2. The van der Waals surface area contributed by atoms with Crippen LogP contribution in [-0.4, -0.2) is 70.2 Å². The van der Waals surface area contributed by atoms with Gasteiger partial charge in [0.25, 0.3) is 0 Å². The zero-order valence-electron chi connectivity index (χ0n) is 23.8. The van der Waals surface area contributed by atoms with Crippen LogP contribution in [0.25, 0.3) is 17.5 Å². The zero-order valence-corrected chi connectivity index (χ0v) is 23.8. The number of hydrogen-bond acceptors (Lipinski definition) is 4. The quantitative estimate of drug-likeness (QED) is 0.104. The standard InChI is InChI=1S/C27H21F17N2O2/c1-2-3-4-16-13-45-19(46-14-16)17-8-5-15(6-9-17)7-10-18(47)48-12-11-20(28,29)21(30,31)22(32,33)23(34,35)24(36,37)25(38,39)26(40,41)27(42,43)44/h5-10,13-14H,2-4,11-12H2,1H3. The fraction of sp³-hybridized carbons (Fsp3) is 0.519. The van der Waals surface area contributed by atoms with Crippen molar-refractivity contribution in [2.24, 2.45) is 0 Å². The van der Waals surface area contributed by atoms with Crippen LogP contribution in [-0.2, 0) is 16.0 Å². The molecule has 0 saturated carbocycles. The van der Waals surface area contributed by atoms with Crippen LogP contribution in [0.5, 0.6) is 0 Å². The van der Waals surface area contributed by atoms with Crippen LogP contribution >= 0.6 is 0 Å². The number of hydrogen-bond donors (Lipinski definition) is 0. The lowest BCUT2D eigenvalue weighted by atomic mass is 9.88. The van der Waals surface area contributed by atoms with E-state index in [-0.39, 0.29) is 5.56 Å². The molecule has 2 rings (SSSR count). The van der Waals surface area contributed by atoms with Crippen molar-refractivity contribution in [1.29, 1.82) is 0 Å². The van der Waals surface area contributed by atoms with E-state index in [0.717, 1.165) is 30.9 Å². The van der Waals surface area contributed by atoms with E-state index >= 15 is 0 Å². The Labute approximate surface area is 259 Å². The van der Waals surface area contributed by atoms with Gasteiger partial charge in [0.1, 0.15) is 0 Å². The van der Waals surface area contributed by atoms with Crippen molar-refractivity contribution in [3.8, 4) is 11.4 Å². The second kappa shape index (κ2) is 13.7. The number of unbranched alkanes of at least 4 members (excludes halogenated alkanes) is 1. The third-order valence-corrected chi connectivity index (χ3v) is 6.55. The second-order valence-corrected chi connectivity index (χ2v) is 10.0. The predicted octanol–water partition coefficient (Wildman–Crippen LogP) is 9.44. The van der Waals surface area contributed by atoms with Crippen LogP contribution in [0.1, 0.15) is 37.3 Å². The molecule has 0 radical (unpaired) electrons. The van der Waals surface area contributed by atoms with Gasteiger partial charge in [-0.25, -0.2) is 14.8 Å². The maximum Gasteiger partial charge on any atom is 0.460 e. The summed E-state index contributed by atoms with van der Waals surface area (Å²) >= 11 is 0. The average molecular weight is 728 g/mol. The van der Waals surface area contributed by atoms with Crippen molar-refractivity contribution in [2.75, 3.05) is 6.61 Å². The third-order valence-electron chi connectivity index (χ3n) is 6.55. The van der Waals surface area contributed by atoms with Gasteiger partial charge in [-0.1, -0.05) is 37.6 Å². The molecule has 0 saturated heterocycles. The Bertz CT molecular complexity index is 1420. The molecular weight excluding hydrogens is 707 g/mol. The highest BCUT2D eigenvalue weighted by Crippen LogP contribution is 2.64. The Hall–Kier alpha value is -3.68. The van der Waals surface area contributed by atoms with Crippen LogP contribution in [0.4, 0.5) is 74.6 Å². The number of aryl methyl sites for hydroxylation is 1. The monoisotopic (exact) mass is 728 g/mol. The van der Waals surface area contributed by atoms with E-state index in [1.54, 1.807) is 12.4 Å². The van der Waals surface area contributed by atoms with E-state index in [2.05, 4.69) is 14.7 Å². The number of alkyl halides is 17. The minimum Gasteiger partial charge on any atom is -0.462 e. The van der Waals surface area contributed by atoms with Crippen molar-refractivity contribution in [3.05, 3.63) is 53.9 Å². The Morgan fingerprint density at radius 1 is 0.688 bits per heavy atom. The molecule has 1 aromatic carbocycles. The fourth-order valence-electron chi connectivity index (χ4n) is 3.60. The van der Waals surface area contributed by atoms with E-state index in [0.29, 0.717) is 17.5 Å². The molecule has 0 aliphatic heterocycles. The number of carbonyl (C=O) groups excluding carboxylic acids is 1. The van der Waals surface area contributed by atoms with Crippen molar-refractivity contribution >= 4 is 12.0 Å². The van der Waals surface area contributed by atoms with Gasteiger partial charge in [-0.15, -0.1) is 0 Å². The summed E-state index contributed by atoms with van der Waals surface area (Å²) in [5, 5.41) is 0. The molecule has 0 N–H and O–H groups in total. The first-order valence-electron chi connectivity index (χ1n) is 13.1. The molecule has 21 heteroatoms. The molecule has 0 fully saturated rings. The number of benzene rings is 1. The minimum atomic E-state index is -8.70. The molecule has 1 aromatic heterocycles. The number of ether oxygens (including phenoxy) is 1. The molecule has 0 amide bonds. The summed E-state index contributed by atoms with van der Waals surface area (Å²) < 4.78 is 231. The number of esters is 1. The molecular formula is C27H21F17N2O2. The molecule has 2 aromatic rings. The molecule has 0 aliphatic carbocycles. The lowest BCUT2D eigenvalue weighted by Gasteiger charge is -2.42. The first-order valence-corrected chi connectivity index (χ1v) is 13.1. The van der Waals surface area contributed by atoms with Crippen molar-refractivity contribution in [1.82, 2.24) is 9.97 Å². The van der Waals surface area contributed by atoms with Gasteiger partial charge in [0.15, 0.2) is 5.82 Å². The molecule has 0 unspecified atom stereocenters. The Morgan fingerprint density at radius 3 is 1.60 bits per heavy atom. The lowest BCUT2D eigenvalue weighted by molar-refractivity contribution is -0.461. The Balaban J connectivity index is 2.12. The number of nitrogens with zero attached hydrogens (tertiary/aromatic N) is 2. The van der Waals surface area contributed by atoms with Crippen molar-refractivity contribution < 1.29 is 84.2 Å². The maximum atomic E-state index is 13.9. The van der Waals surface area contributed by atoms with Gasteiger partial charge in [0, 0.05) is 24.0 Å². The largest absolute Gasteiger partial charge is 0.462 e. The van der Waals surface area contributed by atoms with Gasteiger partial charge in [-0.2, -0.15) is 74.6 Å². The van der Waals surface area contributed by atoms with Gasteiger partial charge in [0.05, 0.1) is 13.0 Å². The average Bonchev–Trinajstić information content (AvgIpc) is 2.98. The van der Waals surface area contributed by atoms with Crippen LogP contribution in [0.3, 0.4) is 0 Å². The molecule has 4 nitrogen and oxygen atoms in total. The third kappa shape index (κ3) is 7.32. The fourth-order valence-corrected chi connectivity index (χ4v) is 3.60. The zero-order chi connectivity index (χ0) is 37.2. The minimum absolute atomic E-state index is 0.225. The molecule has 1 heterocycles. The van der Waals surface area contributed by atoms with Gasteiger partial charge < -0.3 is 4.74 Å². The van der Waals surface area contributed by atoms with E-state index in [4.69, 9.17) is 0 Å². The highest BCUT2D eigenvalue weighted by Gasteiger charge is 2.95. The predicted molar refractivity (Wildman–Crippen MR) is 131 cm³/mol. The van der Waals surface area contributed by atoms with Gasteiger partial charge >= 0.3 is 53.6 Å². The van der Waals surface area contributed by atoms with Gasteiger partial charge in [-0.3, -0.25) is 0 Å². The van der Waals surface area contributed by atoms with E-state index < -0.39 is 66.6 Å². The van der Waals surface area contributed by atoms with Crippen molar-refractivity contribution in [3.63, 3.8) is 0 Å². The smallest absolute Gasteiger partial charge is 0.460 e. The number of carbonyl (C=O) groups is 1. The lowest BCUT2D eigenvalue weighted by Crippen LogP contribution is -2.74. The van der Waals surface area contributed by atoms with Crippen LogP contribution in [0.2, 0.25) is 0 Å². The van der Waals surface area contributed by atoms with E-state index in [9.17, 15) is 79.4 Å². The second-order valence-electron chi connectivity index (χ2n) is 10.0. The highest BCUT2D eigenvalue weighted by molar-refractivity contribution is 5.87. The Kier molecular flexibility index (Phi) is 11.5. The topological polar surface area (TPSA) is 52.1 Å². The summed E-state index contributed by atoms with van der Waals surface area (Å²) in [6, 6.07) is 5.73. The number of halogens is 17. The molecule has 0 spiro atoms. The van der Waals surface area contributed by atoms with Gasteiger partial charge in [0.2, 0.25) is 0 Å². The highest BCUT2D eigenvalue weighted by atomic mass is 19.4. The summed E-state index contributed by atoms with van der Waals surface area (Å²) in [4.78, 5) is 20.1. The number of rotatable bonds is 15. The van der Waals surface area contributed by atoms with Crippen LogP contribution < -0.4 is 0 Å². The maximum absolute atomic E-state index is 13.9. The Morgan fingerprint density at radius 2 is 1.15 bits per heavy atom. The molecule has 0 atom stereocenters. The summed E-state index contributed by atoms with van der Waals surface area (Å²) in [6.45, 7) is -0.0307. The summed E-state index contributed by atoms with van der Waals surface area (Å²) in [5.41, 5.74) is 1.63. The molecule has 48 heavy (non-hydrogen) atoms. The first-order chi connectivity index (χ1) is 21.6. The van der Waals surface area contributed by atoms with Crippen molar-refractivity contribution in [2.45, 2.75) is 80.2 Å². The van der Waals surface area contributed by atoms with Crippen LogP contribution in [0, 0.1) is 0 Å². The summed E-state index contributed by atoms with van der Waals surface area (Å²) in [7, 11) is 0. The van der Waals surface area contributed by atoms with Gasteiger partial charge in [-0.05, 0) is 30.0 Å². The summed E-state index contributed by atoms with van der Waals surface area (Å²) in [5.74, 6) is -58.4. The normalized spacial score (nSPS) is 14.5. The molecule has 0 bridgehead atoms. The molecule has 270 valence electrons. The summed E-state index contributed by atoms with van der Waals surface area (Å²) in [6.07, 6.45) is -3.40. The van der Waals surface area contributed by atoms with E-state index in [1.807, 2.05) is 6.92 Å².